The summed E-state index contributed by atoms with van der Waals surface area (Å²) in [6.07, 6.45) is 13.0. The number of aryl methyl sites for hydroxylation is 2. The topological polar surface area (TPSA) is 0 Å². The van der Waals surface area contributed by atoms with E-state index in [1.807, 2.05) is 0 Å². The first-order chi connectivity index (χ1) is 14.3. The Hall–Kier alpha value is -1.51. The maximum atomic E-state index is 3.31. The van der Waals surface area contributed by atoms with Crippen molar-refractivity contribution in [1.29, 1.82) is 0 Å². The molecule has 2 aromatic rings. The zero-order valence-electron chi connectivity index (χ0n) is 19.2. The van der Waals surface area contributed by atoms with E-state index in [9.17, 15) is 0 Å². The molecule has 0 heterocycles. The van der Waals surface area contributed by atoms with E-state index >= 15 is 0 Å². The normalized spacial score (nSPS) is 14.4. The van der Waals surface area contributed by atoms with E-state index in [4.69, 9.17) is 0 Å². The van der Waals surface area contributed by atoms with Gasteiger partial charge in [0.1, 0.15) is 0 Å². The molecule has 0 amide bonds. The third-order valence-electron chi connectivity index (χ3n) is 4.88. The average Bonchev–Trinajstić information content (AvgIpc) is 3.31. The van der Waals surface area contributed by atoms with Crippen LogP contribution in [0.4, 0.5) is 0 Å². The Kier molecular flexibility index (Phi) is 10.2. The van der Waals surface area contributed by atoms with Crippen LogP contribution in [-0.2, 0) is 23.0 Å². The molecule has 0 atom stereocenters. The van der Waals surface area contributed by atoms with Crippen LogP contribution in [0.1, 0.15) is 48.9 Å². The van der Waals surface area contributed by atoms with Gasteiger partial charge >= 0.3 is 41.6 Å². The Morgan fingerprint density at radius 2 is 0.933 bits per heavy atom. The van der Waals surface area contributed by atoms with Crippen molar-refractivity contribution in [3.63, 3.8) is 0 Å². The van der Waals surface area contributed by atoms with Crippen molar-refractivity contribution in [2.24, 2.45) is 0 Å². The average molecular weight is 575 g/mol. The summed E-state index contributed by atoms with van der Waals surface area (Å²) >= 11 is 1.45. The van der Waals surface area contributed by atoms with Crippen molar-refractivity contribution in [2.45, 2.75) is 53.6 Å². The van der Waals surface area contributed by atoms with Gasteiger partial charge in [-0.3, -0.25) is 12.2 Å². The summed E-state index contributed by atoms with van der Waals surface area (Å²) in [5.41, 5.74) is 10.8. The van der Waals surface area contributed by atoms with Crippen LogP contribution in [0.5, 0.6) is 0 Å². The van der Waals surface area contributed by atoms with Gasteiger partial charge in [0, 0.05) is 0 Å². The van der Waals surface area contributed by atoms with Gasteiger partial charge in [-0.1, -0.05) is 73.5 Å². The van der Waals surface area contributed by atoms with Gasteiger partial charge in [-0.25, -0.2) is 11.1 Å². The van der Waals surface area contributed by atoms with Crippen molar-refractivity contribution < 1.29 is 23.0 Å². The number of hydrogen-bond donors (Lipinski definition) is 0. The second-order valence-electron chi connectivity index (χ2n) is 7.98. The predicted octanol–water partition coefficient (Wildman–Crippen LogP) is 7.85. The van der Waals surface area contributed by atoms with Crippen LogP contribution in [-0.4, -0.2) is 5.49 Å². The van der Waals surface area contributed by atoms with Crippen LogP contribution in [0, 0.1) is 26.0 Å². The van der Waals surface area contributed by atoms with Crippen molar-refractivity contribution >= 4 is 16.6 Å². The number of hydrogen-bond acceptors (Lipinski definition) is 0. The fourth-order valence-corrected chi connectivity index (χ4v) is 3.24. The molecular weight excluding hydrogens is 543 g/mol. The molecule has 0 saturated heterocycles. The molecule has 30 heavy (non-hydrogen) atoms. The fourth-order valence-electron chi connectivity index (χ4n) is 3.24. The van der Waals surface area contributed by atoms with Gasteiger partial charge in [-0.15, -0.1) is 24.0 Å². The van der Waals surface area contributed by atoms with Crippen molar-refractivity contribution in [3.8, 4) is 0 Å². The summed E-state index contributed by atoms with van der Waals surface area (Å²) in [7, 11) is 0. The number of allylic oxidation sites excluding steroid dienone is 8. The van der Waals surface area contributed by atoms with Crippen molar-refractivity contribution in [3.05, 3.63) is 106 Å². The second-order valence-corrected chi connectivity index (χ2v) is 20.8. The summed E-state index contributed by atoms with van der Waals surface area (Å²) in [4.78, 5) is 0. The Morgan fingerprint density at radius 3 is 1.17 bits per heavy atom. The van der Waals surface area contributed by atoms with E-state index < -0.39 is 0 Å². The molecule has 0 aromatic heterocycles. The van der Waals surface area contributed by atoms with Gasteiger partial charge in [0.2, 0.25) is 0 Å². The molecule has 0 nitrogen and oxygen atoms in total. The maximum absolute atomic E-state index is 3.31. The minimum atomic E-state index is 0.259. The summed E-state index contributed by atoms with van der Waals surface area (Å²) < 4.78 is 0. The molecular formula is C28H32HfSi. The SMILES string of the molecule is CC1=[C-]CC=C1c1ccc(C)cc1.CC1=[C-]CC=C1c1ccc(C)cc1.C[Si](C)=[Hf+2]. The van der Waals surface area contributed by atoms with Crippen LogP contribution < -0.4 is 0 Å². The van der Waals surface area contributed by atoms with E-state index in [1.54, 1.807) is 0 Å². The third kappa shape index (κ3) is 7.96. The van der Waals surface area contributed by atoms with Gasteiger partial charge in [-0.05, 0) is 13.8 Å². The van der Waals surface area contributed by atoms with Crippen LogP contribution in [0.25, 0.3) is 11.1 Å². The zero-order valence-corrected chi connectivity index (χ0v) is 23.8. The van der Waals surface area contributed by atoms with Gasteiger partial charge in [-0.2, -0.15) is 23.3 Å². The summed E-state index contributed by atoms with van der Waals surface area (Å²) in [6, 6.07) is 17.3. The van der Waals surface area contributed by atoms with Crippen molar-refractivity contribution in [2.75, 3.05) is 0 Å². The minimum absolute atomic E-state index is 0.259. The third-order valence-corrected chi connectivity index (χ3v) is 4.88. The molecule has 2 aromatic carbocycles. The Bertz CT molecular complexity index is 902. The first-order valence-electron chi connectivity index (χ1n) is 10.5. The van der Waals surface area contributed by atoms with Gasteiger partial charge in [0.05, 0.1) is 0 Å². The van der Waals surface area contributed by atoms with Crippen LogP contribution in [0.15, 0.2) is 71.8 Å². The Balaban J connectivity index is 0.000000182. The molecule has 2 aliphatic rings. The molecule has 0 saturated carbocycles. The monoisotopic (exact) mass is 576 g/mol. The number of benzene rings is 2. The molecule has 0 radical (unpaired) electrons. The number of rotatable bonds is 2. The van der Waals surface area contributed by atoms with Gasteiger partial charge in [0.15, 0.2) is 0 Å². The first kappa shape index (κ1) is 24.8. The van der Waals surface area contributed by atoms with Gasteiger partial charge in [0.25, 0.3) is 0 Å². The van der Waals surface area contributed by atoms with E-state index in [0.717, 1.165) is 12.8 Å². The molecule has 0 bridgehead atoms. The van der Waals surface area contributed by atoms with Crippen molar-refractivity contribution in [1.82, 2.24) is 0 Å². The predicted molar refractivity (Wildman–Crippen MR) is 130 cm³/mol. The molecule has 0 spiro atoms. The molecule has 0 N–H and O–H groups in total. The summed E-state index contributed by atoms with van der Waals surface area (Å²) in [5.74, 6) is 0. The first-order valence-corrected chi connectivity index (χ1v) is 18.4. The molecule has 2 aliphatic carbocycles. The molecule has 0 fully saturated rings. The molecule has 4 rings (SSSR count). The van der Waals surface area contributed by atoms with E-state index in [0.29, 0.717) is 0 Å². The van der Waals surface area contributed by atoms with Gasteiger partial charge < -0.3 is 0 Å². The summed E-state index contributed by atoms with van der Waals surface area (Å²) in [6.45, 7) is 13.1. The van der Waals surface area contributed by atoms with Crippen LogP contribution in [0.2, 0.25) is 13.1 Å². The molecule has 0 aliphatic heterocycles. The van der Waals surface area contributed by atoms with E-state index in [1.165, 1.54) is 67.5 Å². The fraction of sp³-hybridized carbons (Fsp3) is 0.286. The van der Waals surface area contributed by atoms with E-state index in [-0.39, 0.29) is 5.49 Å². The summed E-state index contributed by atoms with van der Waals surface area (Å²) in [5, 5.41) is 0. The van der Waals surface area contributed by atoms with Crippen LogP contribution in [0.3, 0.4) is 0 Å². The Morgan fingerprint density at radius 1 is 0.633 bits per heavy atom. The quantitative estimate of drug-likeness (QED) is 0.253. The molecule has 2 heteroatoms. The zero-order chi connectivity index (χ0) is 22.1. The molecule has 152 valence electrons. The standard InChI is InChI=1S/2C13H13.C2H6Si.Hf/c2*1-10-6-8-12(9-7-10)13-5-3-4-11(13)2;1-3-2;/h2*5-9H,3H2,1-2H3;1-2H3;/q2*-1;;+2. The van der Waals surface area contributed by atoms with Crippen LogP contribution >= 0.6 is 0 Å². The second kappa shape index (κ2) is 12.4. The Labute approximate surface area is 198 Å². The molecule has 0 unspecified atom stereocenters. The van der Waals surface area contributed by atoms with E-state index in [2.05, 4.69) is 114 Å².